The second kappa shape index (κ2) is 6.51. The average molecular weight is 338 g/mol. The van der Waals surface area contributed by atoms with E-state index in [2.05, 4.69) is 27.5 Å². The van der Waals surface area contributed by atoms with Gasteiger partial charge in [-0.1, -0.05) is 42.3 Å². The quantitative estimate of drug-likeness (QED) is 0.566. The van der Waals surface area contributed by atoms with E-state index in [-0.39, 0.29) is 0 Å². The van der Waals surface area contributed by atoms with Crippen molar-refractivity contribution in [2.45, 2.75) is 12.5 Å². The summed E-state index contributed by atoms with van der Waals surface area (Å²) < 4.78 is 2.07. The molecule has 126 valence electrons. The van der Waals surface area contributed by atoms with E-state index in [9.17, 15) is 5.11 Å². The molecule has 0 aliphatic heterocycles. The molecule has 4 rings (SSSR count). The van der Waals surface area contributed by atoms with Crippen molar-refractivity contribution in [3.63, 3.8) is 0 Å². The lowest BCUT2D eigenvalue weighted by molar-refractivity contribution is 0.138. The van der Waals surface area contributed by atoms with Gasteiger partial charge in [0.25, 0.3) is 0 Å². The van der Waals surface area contributed by atoms with Gasteiger partial charge in [0, 0.05) is 29.0 Å². The minimum Gasteiger partial charge on any atom is -0.368 e. The third kappa shape index (κ3) is 2.57. The Labute approximate surface area is 152 Å². The molecule has 3 heteroatoms. The first-order valence-electron chi connectivity index (χ1n) is 8.47. The highest BCUT2D eigenvalue weighted by atomic mass is 16.3. The van der Waals surface area contributed by atoms with Crippen LogP contribution < -0.4 is 0 Å². The highest BCUT2D eigenvalue weighted by Crippen LogP contribution is 2.35. The Morgan fingerprint density at radius 2 is 1.62 bits per heavy atom. The van der Waals surface area contributed by atoms with Crippen molar-refractivity contribution in [3.8, 4) is 17.5 Å². The molecule has 1 N–H and O–H groups in total. The molecule has 0 radical (unpaired) electrons. The first-order chi connectivity index (χ1) is 12.7. The predicted octanol–water partition coefficient (Wildman–Crippen LogP) is 4.28. The summed E-state index contributed by atoms with van der Waals surface area (Å²) in [5.74, 6) is 5.91. The van der Waals surface area contributed by atoms with Crippen molar-refractivity contribution in [2.75, 3.05) is 0 Å². The van der Waals surface area contributed by atoms with E-state index >= 15 is 0 Å². The largest absolute Gasteiger partial charge is 0.368 e. The summed E-state index contributed by atoms with van der Waals surface area (Å²) >= 11 is 0. The van der Waals surface area contributed by atoms with Crippen molar-refractivity contribution in [3.05, 3.63) is 96.4 Å². The summed E-state index contributed by atoms with van der Waals surface area (Å²) in [5, 5.41) is 12.7. The molecular formula is C23H18N2O. The van der Waals surface area contributed by atoms with Gasteiger partial charge in [0.1, 0.15) is 0 Å². The molecule has 0 bridgehead atoms. The summed E-state index contributed by atoms with van der Waals surface area (Å²) in [6.07, 6.45) is 3.35. The van der Waals surface area contributed by atoms with Crippen LogP contribution in [0.1, 0.15) is 18.2 Å². The number of para-hydroxylation sites is 2. The number of nitrogens with zero attached hydrogens (tertiary/aromatic N) is 2. The van der Waals surface area contributed by atoms with Crippen LogP contribution in [0.25, 0.3) is 16.6 Å². The van der Waals surface area contributed by atoms with Gasteiger partial charge >= 0.3 is 0 Å². The van der Waals surface area contributed by atoms with E-state index < -0.39 is 5.60 Å². The normalized spacial score (nSPS) is 13.0. The van der Waals surface area contributed by atoms with E-state index in [0.29, 0.717) is 11.3 Å². The molecule has 0 amide bonds. The molecule has 0 spiro atoms. The molecule has 2 heterocycles. The van der Waals surface area contributed by atoms with Crippen LogP contribution in [0.3, 0.4) is 0 Å². The van der Waals surface area contributed by atoms with Crippen molar-refractivity contribution in [1.29, 1.82) is 0 Å². The second-order valence-electron chi connectivity index (χ2n) is 6.08. The number of rotatable bonds is 3. The SMILES string of the molecule is CC#CC(O)(c1ccncc1)c1cc2ccccc2n1-c1ccccc1. The standard InChI is InChI=1S/C23H18N2O/c1-2-14-23(26,19-12-15-24-16-13-19)22-17-18-8-6-7-11-21(18)25(22)20-9-4-3-5-10-20/h3-13,15-17,26H,1H3. The minimum absolute atomic E-state index is 0.696. The third-order valence-electron chi connectivity index (χ3n) is 4.50. The van der Waals surface area contributed by atoms with E-state index in [0.717, 1.165) is 16.6 Å². The van der Waals surface area contributed by atoms with E-state index in [1.165, 1.54) is 0 Å². The van der Waals surface area contributed by atoms with Gasteiger partial charge in [-0.25, -0.2) is 0 Å². The van der Waals surface area contributed by atoms with Crippen molar-refractivity contribution in [1.82, 2.24) is 9.55 Å². The number of aromatic nitrogens is 2. The first kappa shape index (κ1) is 16.1. The molecule has 3 nitrogen and oxygen atoms in total. The Morgan fingerprint density at radius 3 is 2.35 bits per heavy atom. The predicted molar refractivity (Wildman–Crippen MR) is 104 cm³/mol. The topological polar surface area (TPSA) is 38.1 Å². The Bertz CT molecular complexity index is 1100. The molecule has 0 aliphatic rings. The lowest BCUT2D eigenvalue weighted by Crippen LogP contribution is -2.28. The van der Waals surface area contributed by atoms with Crippen molar-refractivity contribution in [2.24, 2.45) is 0 Å². The van der Waals surface area contributed by atoms with Gasteiger partial charge in [-0.15, -0.1) is 5.92 Å². The van der Waals surface area contributed by atoms with Crippen LogP contribution in [0.4, 0.5) is 0 Å². The summed E-state index contributed by atoms with van der Waals surface area (Å²) in [4.78, 5) is 4.07. The molecule has 1 atom stereocenters. The maximum absolute atomic E-state index is 11.7. The smallest absolute Gasteiger partial charge is 0.192 e. The molecule has 0 saturated heterocycles. The van der Waals surface area contributed by atoms with Crippen LogP contribution in [0.15, 0.2) is 85.2 Å². The monoisotopic (exact) mass is 338 g/mol. The van der Waals surface area contributed by atoms with Crippen LogP contribution >= 0.6 is 0 Å². The first-order valence-corrected chi connectivity index (χ1v) is 8.47. The van der Waals surface area contributed by atoms with Crippen LogP contribution in [-0.2, 0) is 5.60 Å². The van der Waals surface area contributed by atoms with Crippen LogP contribution in [0, 0.1) is 11.8 Å². The van der Waals surface area contributed by atoms with Gasteiger partial charge in [-0.05, 0) is 43.3 Å². The zero-order valence-electron chi connectivity index (χ0n) is 14.4. The fraction of sp³-hybridized carbons (Fsp3) is 0.0870. The third-order valence-corrected chi connectivity index (χ3v) is 4.50. The highest BCUT2D eigenvalue weighted by Gasteiger charge is 2.34. The van der Waals surface area contributed by atoms with E-state index in [4.69, 9.17) is 0 Å². The summed E-state index contributed by atoms with van der Waals surface area (Å²) in [6.45, 7) is 1.74. The molecule has 0 fully saturated rings. The summed E-state index contributed by atoms with van der Waals surface area (Å²) in [6, 6.07) is 23.7. The number of fused-ring (bicyclic) bond motifs is 1. The Balaban J connectivity index is 2.08. The maximum atomic E-state index is 11.7. The van der Waals surface area contributed by atoms with Gasteiger partial charge in [-0.2, -0.15) is 0 Å². The molecule has 0 aliphatic carbocycles. The van der Waals surface area contributed by atoms with Crippen molar-refractivity contribution < 1.29 is 5.11 Å². The van der Waals surface area contributed by atoms with Crippen LogP contribution in [0.5, 0.6) is 0 Å². The van der Waals surface area contributed by atoms with Gasteiger partial charge in [0.05, 0.1) is 11.2 Å². The maximum Gasteiger partial charge on any atom is 0.192 e. The average Bonchev–Trinajstić information content (AvgIpc) is 3.10. The van der Waals surface area contributed by atoms with Gasteiger partial charge in [0.2, 0.25) is 0 Å². The Hall–Kier alpha value is -3.35. The molecule has 26 heavy (non-hydrogen) atoms. The zero-order chi connectivity index (χ0) is 18.0. The number of benzene rings is 2. The van der Waals surface area contributed by atoms with Gasteiger partial charge < -0.3 is 9.67 Å². The fourth-order valence-corrected chi connectivity index (χ4v) is 3.33. The van der Waals surface area contributed by atoms with Crippen LogP contribution in [0.2, 0.25) is 0 Å². The van der Waals surface area contributed by atoms with Crippen LogP contribution in [-0.4, -0.2) is 14.7 Å². The second-order valence-corrected chi connectivity index (χ2v) is 6.08. The highest BCUT2D eigenvalue weighted by molar-refractivity contribution is 5.84. The lowest BCUT2D eigenvalue weighted by atomic mass is 9.91. The number of aliphatic hydroxyl groups is 1. The molecular weight excluding hydrogens is 320 g/mol. The molecule has 0 saturated carbocycles. The number of hydrogen-bond donors (Lipinski definition) is 1. The van der Waals surface area contributed by atoms with E-state index in [1.54, 1.807) is 31.5 Å². The van der Waals surface area contributed by atoms with Gasteiger partial charge in [0.15, 0.2) is 5.60 Å². The molecule has 2 aromatic heterocycles. The minimum atomic E-state index is -1.44. The molecule has 4 aromatic rings. The van der Waals surface area contributed by atoms with Crippen molar-refractivity contribution >= 4 is 10.9 Å². The zero-order valence-corrected chi connectivity index (χ0v) is 14.4. The fourth-order valence-electron chi connectivity index (χ4n) is 3.33. The summed E-state index contributed by atoms with van der Waals surface area (Å²) in [5.41, 5.74) is 1.98. The summed E-state index contributed by atoms with van der Waals surface area (Å²) in [7, 11) is 0. The Kier molecular flexibility index (Phi) is 4.04. The molecule has 2 aromatic carbocycles. The van der Waals surface area contributed by atoms with Gasteiger partial charge in [-0.3, -0.25) is 4.98 Å². The lowest BCUT2D eigenvalue weighted by Gasteiger charge is -2.25. The number of pyridine rings is 1. The molecule has 1 unspecified atom stereocenters. The van der Waals surface area contributed by atoms with E-state index in [1.807, 2.05) is 54.6 Å². The Morgan fingerprint density at radius 1 is 0.923 bits per heavy atom. The number of hydrogen-bond acceptors (Lipinski definition) is 2.